The molecule has 0 aliphatic heterocycles. The second-order valence-electron chi connectivity index (χ2n) is 8.19. The van der Waals surface area contributed by atoms with Crippen LogP contribution >= 0.6 is 0 Å². The van der Waals surface area contributed by atoms with Gasteiger partial charge in [-0.1, -0.05) is 6.58 Å². The van der Waals surface area contributed by atoms with E-state index in [1.165, 1.54) is 0 Å². The molecule has 0 rings (SSSR count). The van der Waals surface area contributed by atoms with Gasteiger partial charge in [-0.25, -0.2) is 4.79 Å². The van der Waals surface area contributed by atoms with Crippen LogP contribution in [0.15, 0.2) is 12.2 Å². The summed E-state index contributed by atoms with van der Waals surface area (Å²) >= 11 is 0. The summed E-state index contributed by atoms with van der Waals surface area (Å²) < 4.78 is 18.4. The smallest absolute Gasteiger partial charge is 0.333 e. The number of esters is 1. The molecule has 0 spiro atoms. The van der Waals surface area contributed by atoms with Crippen LogP contribution in [0.5, 0.6) is 0 Å². The van der Waals surface area contributed by atoms with Gasteiger partial charge in [-0.2, -0.15) is 10.5 Å². The van der Waals surface area contributed by atoms with Gasteiger partial charge in [-0.05, 0) is 64.2 Å². The predicted octanol–water partition coefficient (Wildman–Crippen LogP) is 4.84. The minimum atomic E-state index is -2.53. The number of nitrogens with zero attached hydrogens (tertiary/aromatic N) is 2. The second kappa shape index (κ2) is 11.6. The van der Waals surface area contributed by atoms with E-state index in [0.29, 0.717) is 37.5 Å². The van der Waals surface area contributed by atoms with E-state index in [4.69, 9.17) is 23.5 Å². The molecular formula is C18H34N2O4Si3. The largest absolute Gasteiger partial charge is 0.462 e. The Balaban J connectivity index is 5.07. The summed E-state index contributed by atoms with van der Waals surface area (Å²) in [4.78, 5) is 11.5. The highest BCUT2D eigenvalue weighted by atomic mass is 28.5. The fraction of sp³-hybridized carbons (Fsp3) is 0.722. The fourth-order valence-corrected chi connectivity index (χ4v) is 16.5. The van der Waals surface area contributed by atoms with Crippen molar-refractivity contribution in [3.63, 3.8) is 0 Å². The van der Waals surface area contributed by atoms with Crippen LogP contribution in [-0.4, -0.2) is 37.8 Å². The monoisotopic (exact) mass is 426 g/mol. The molecule has 0 radical (unpaired) electrons. The zero-order chi connectivity index (χ0) is 21.1. The van der Waals surface area contributed by atoms with Gasteiger partial charge in [-0.15, -0.1) is 0 Å². The van der Waals surface area contributed by atoms with Crippen molar-refractivity contribution in [1.29, 1.82) is 10.5 Å². The Kier molecular flexibility index (Phi) is 11.0. The van der Waals surface area contributed by atoms with Crippen LogP contribution in [0.3, 0.4) is 0 Å². The van der Waals surface area contributed by atoms with Crippen molar-refractivity contribution >= 4 is 31.2 Å². The maximum absolute atomic E-state index is 11.5. The number of carbonyl (C=O) groups excluding carboxylic acids is 1. The highest BCUT2D eigenvalue weighted by Crippen LogP contribution is 2.29. The topological polar surface area (TPSA) is 92.3 Å². The molecule has 0 bridgehead atoms. The molecule has 0 aromatic rings. The Hall–Kier alpha value is -1.24. The van der Waals surface area contributed by atoms with Gasteiger partial charge in [0.05, 0.1) is 18.7 Å². The first kappa shape index (κ1) is 25.8. The summed E-state index contributed by atoms with van der Waals surface area (Å²) in [7, 11) is -6.61. The summed E-state index contributed by atoms with van der Waals surface area (Å²) in [6, 6.07) is 6.63. The van der Waals surface area contributed by atoms with E-state index in [-0.39, 0.29) is 5.97 Å². The average molecular weight is 427 g/mol. The number of rotatable bonds is 13. The van der Waals surface area contributed by atoms with E-state index < -0.39 is 25.2 Å². The molecule has 0 saturated heterocycles. The van der Waals surface area contributed by atoms with E-state index in [9.17, 15) is 4.79 Å². The first-order chi connectivity index (χ1) is 12.4. The lowest BCUT2D eigenvalue weighted by molar-refractivity contribution is -0.138. The Morgan fingerprint density at radius 1 is 0.926 bits per heavy atom. The molecule has 0 atom stereocenters. The summed E-state index contributed by atoms with van der Waals surface area (Å²) in [5.41, 5.74) is 0.387. The zero-order valence-electron chi connectivity index (χ0n) is 17.7. The van der Waals surface area contributed by atoms with Gasteiger partial charge in [0.2, 0.25) is 0 Å². The number of hydrogen-bond acceptors (Lipinski definition) is 6. The first-order valence-electron chi connectivity index (χ1n) is 9.33. The van der Waals surface area contributed by atoms with Crippen molar-refractivity contribution in [3.8, 4) is 12.1 Å². The molecule has 0 aliphatic rings. The summed E-state index contributed by atoms with van der Waals surface area (Å²) in [5.74, 6) is -0.382. The van der Waals surface area contributed by atoms with Crippen LogP contribution in [0.2, 0.25) is 50.9 Å². The van der Waals surface area contributed by atoms with E-state index in [1.807, 2.05) is 0 Å². The highest BCUT2D eigenvalue weighted by molar-refractivity contribution is 6.88. The molecule has 0 aliphatic carbocycles. The van der Waals surface area contributed by atoms with Crippen molar-refractivity contribution in [2.75, 3.05) is 6.61 Å². The molecule has 0 amide bonds. The Labute approximate surface area is 167 Å². The Morgan fingerprint density at radius 3 is 1.74 bits per heavy atom. The SMILES string of the molecule is C=C(C)C(=O)OCCC[Si](C)(O[Si](C)(C)CCC#N)O[Si](C)(C)CCC#N. The first-order valence-corrected chi connectivity index (χ1v) is 18.1. The number of carbonyl (C=O) groups is 1. The fourth-order valence-electron chi connectivity index (χ4n) is 2.79. The normalized spacial score (nSPS) is 12.1. The van der Waals surface area contributed by atoms with Crippen LogP contribution in [0.1, 0.15) is 26.2 Å². The molecule has 0 aromatic carbocycles. The van der Waals surface area contributed by atoms with Gasteiger partial charge in [0.1, 0.15) is 0 Å². The lowest BCUT2D eigenvalue weighted by Crippen LogP contribution is -2.54. The average Bonchev–Trinajstić information content (AvgIpc) is 2.53. The third kappa shape index (κ3) is 12.0. The highest BCUT2D eigenvalue weighted by Gasteiger charge is 2.42. The van der Waals surface area contributed by atoms with Gasteiger partial charge in [0, 0.05) is 18.4 Å². The standard InChI is InChI=1S/C18H34N2O4Si3/c1-17(2)18(21)22-13-10-16-27(7,23-25(3,4)14-8-11-19)24-26(5,6)15-9-12-20/h1,8-10,13-16H2,2-7H3. The zero-order valence-corrected chi connectivity index (χ0v) is 20.7. The number of ether oxygens (including phenoxy) is 1. The quantitative estimate of drug-likeness (QED) is 0.181. The van der Waals surface area contributed by atoms with Crippen molar-refractivity contribution < 1.29 is 17.8 Å². The van der Waals surface area contributed by atoms with Gasteiger partial charge < -0.3 is 13.0 Å². The van der Waals surface area contributed by atoms with Gasteiger partial charge in [-0.3, -0.25) is 0 Å². The van der Waals surface area contributed by atoms with Crippen LogP contribution in [0, 0.1) is 22.7 Å². The van der Waals surface area contributed by atoms with Crippen LogP contribution in [0.25, 0.3) is 0 Å². The van der Waals surface area contributed by atoms with Crippen molar-refractivity contribution in [3.05, 3.63) is 12.2 Å². The lowest BCUT2D eigenvalue weighted by Gasteiger charge is -2.40. The van der Waals surface area contributed by atoms with Gasteiger partial charge >= 0.3 is 14.5 Å². The minimum absolute atomic E-state index is 0.307. The lowest BCUT2D eigenvalue weighted by atomic mass is 10.4. The summed E-state index contributed by atoms with van der Waals surface area (Å²) in [6.45, 7) is 16.0. The third-order valence-electron chi connectivity index (χ3n) is 4.02. The third-order valence-corrected chi connectivity index (χ3v) is 16.1. The molecule has 0 fully saturated rings. The Bertz CT molecular complexity index is 562. The Morgan fingerprint density at radius 2 is 1.37 bits per heavy atom. The van der Waals surface area contributed by atoms with E-state index >= 15 is 0 Å². The second-order valence-corrected chi connectivity index (χ2v) is 20.6. The molecular weight excluding hydrogens is 392 g/mol. The molecule has 9 heteroatoms. The molecule has 0 aromatic heterocycles. The molecule has 0 saturated carbocycles. The van der Waals surface area contributed by atoms with E-state index in [2.05, 4.69) is 51.5 Å². The molecule has 6 nitrogen and oxygen atoms in total. The molecule has 27 heavy (non-hydrogen) atoms. The minimum Gasteiger partial charge on any atom is -0.462 e. The van der Waals surface area contributed by atoms with E-state index in [0.717, 1.165) is 12.1 Å². The van der Waals surface area contributed by atoms with Gasteiger partial charge in [0.25, 0.3) is 0 Å². The van der Waals surface area contributed by atoms with Crippen LogP contribution < -0.4 is 0 Å². The maximum atomic E-state index is 11.5. The molecule has 0 N–H and O–H groups in total. The number of hydrogen-bond donors (Lipinski definition) is 0. The van der Waals surface area contributed by atoms with Gasteiger partial charge in [0.15, 0.2) is 16.6 Å². The van der Waals surface area contributed by atoms with Crippen LogP contribution in [0.4, 0.5) is 0 Å². The van der Waals surface area contributed by atoms with Crippen molar-refractivity contribution in [1.82, 2.24) is 0 Å². The van der Waals surface area contributed by atoms with Crippen molar-refractivity contribution in [2.24, 2.45) is 0 Å². The van der Waals surface area contributed by atoms with E-state index in [1.54, 1.807) is 6.92 Å². The summed E-state index contributed by atoms with van der Waals surface area (Å²) in [6.07, 6.45) is 1.62. The molecule has 0 heterocycles. The van der Waals surface area contributed by atoms with Crippen molar-refractivity contribution in [2.45, 2.75) is 77.1 Å². The molecule has 152 valence electrons. The predicted molar refractivity (Wildman–Crippen MR) is 114 cm³/mol. The van der Waals surface area contributed by atoms with Crippen LogP contribution in [-0.2, 0) is 17.8 Å². The maximum Gasteiger partial charge on any atom is 0.333 e. The number of nitriles is 2. The molecule has 0 unspecified atom stereocenters. The summed E-state index contributed by atoms with van der Waals surface area (Å²) in [5, 5.41) is 17.8.